The van der Waals surface area contributed by atoms with Gasteiger partial charge in [-0.3, -0.25) is 0 Å². The quantitative estimate of drug-likeness (QED) is 0.406. The van der Waals surface area contributed by atoms with Gasteiger partial charge in [0.05, 0.1) is 6.04 Å². The van der Waals surface area contributed by atoms with Crippen molar-refractivity contribution in [2.45, 2.75) is 19.9 Å². The fourth-order valence-electron chi connectivity index (χ4n) is 0.129. The first-order valence-corrected chi connectivity index (χ1v) is 2.04. The number of nitrogens with zero attached hydrogens (tertiary/aromatic N) is 3. The van der Waals surface area contributed by atoms with Crippen molar-refractivity contribution < 1.29 is 0 Å². The molecular weight excluding hydrogens is 92.1 g/mol. The van der Waals surface area contributed by atoms with Gasteiger partial charge in [-0.15, -0.1) is 0 Å². The molecule has 0 bridgehead atoms. The van der Waals surface area contributed by atoms with Crippen LogP contribution in [-0.2, 0) is 0 Å². The van der Waals surface area contributed by atoms with Crippen LogP contribution in [0.25, 0.3) is 0 Å². The molecule has 0 aliphatic heterocycles. The third-order valence-electron chi connectivity index (χ3n) is 0.327. The average molecular weight is 100 g/mol. The van der Waals surface area contributed by atoms with Gasteiger partial charge in [0.25, 0.3) is 0 Å². The standard InChI is InChI=1S/C3H8N4/c1-3(2)5-7-6-4/h3-4H,1-2H3. The highest BCUT2D eigenvalue weighted by Gasteiger charge is 1.80. The Morgan fingerprint density at radius 3 is 2.14 bits per heavy atom. The molecule has 0 saturated heterocycles. The van der Waals surface area contributed by atoms with Gasteiger partial charge in [0.1, 0.15) is 0 Å². The molecule has 0 heterocycles. The molecule has 7 heavy (non-hydrogen) atoms. The lowest BCUT2D eigenvalue weighted by Crippen LogP contribution is -1.82. The molecule has 0 aliphatic carbocycles. The summed E-state index contributed by atoms with van der Waals surface area (Å²) >= 11 is 0. The van der Waals surface area contributed by atoms with E-state index in [0.29, 0.717) is 0 Å². The van der Waals surface area contributed by atoms with E-state index in [4.69, 9.17) is 5.53 Å². The first-order valence-electron chi connectivity index (χ1n) is 2.04. The zero-order chi connectivity index (χ0) is 5.70. The molecule has 0 atom stereocenters. The van der Waals surface area contributed by atoms with Crippen molar-refractivity contribution in [3.63, 3.8) is 0 Å². The van der Waals surface area contributed by atoms with E-state index in [0.717, 1.165) is 0 Å². The van der Waals surface area contributed by atoms with Crippen LogP contribution in [0.15, 0.2) is 15.6 Å². The van der Waals surface area contributed by atoms with Gasteiger partial charge in [-0.2, -0.15) is 10.6 Å². The van der Waals surface area contributed by atoms with E-state index >= 15 is 0 Å². The Morgan fingerprint density at radius 1 is 1.43 bits per heavy atom. The largest absolute Gasteiger partial charge is 0.183 e. The second kappa shape index (κ2) is 3.39. The molecule has 4 nitrogen and oxygen atoms in total. The highest BCUT2D eigenvalue weighted by atomic mass is 15.4. The third-order valence-corrected chi connectivity index (χ3v) is 0.327. The second-order valence-corrected chi connectivity index (χ2v) is 1.40. The van der Waals surface area contributed by atoms with E-state index in [9.17, 15) is 0 Å². The van der Waals surface area contributed by atoms with Crippen molar-refractivity contribution in [2.24, 2.45) is 15.6 Å². The summed E-state index contributed by atoms with van der Waals surface area (Å²) in [6, 6.07) is 0.147. The molecule has 0 amide bonds. The van der Waals surface area contributed by atoms with Gasteiger partial charge in [0.2, 0.25) is 0 Å². The summed E-state index contributed by atoms with van der Waals surface area (Å²) < 4.78 is 0. The highest BCUT2D eigenvalue weighted by molar-refractivity contribution is 4.40. The number of hydrogen-bond acceptors (Lipinski definition) is 2. The van der Waals surface area contributed by atoms with E-state index in [2.05, 4.69) is 15.6 Å². The van der Waals surface area contributed by atoms with Crippen LogP contribution in [0.5, 0.6) is 0 Å². The molecule has 1 N–H and O–H groups in total. The van der Waals surface area contributed by atoms with Gasteiger partial charge in [-0.25, -0.2) is 0 Å². The minimum atomic E-state index is 0.147. The number of nitrogens with one attached hydrogen (secondary N) is 1. The van der Waals surface area contributed by atoms with Crippen LogP contribution in [0.4, 0.5) is 0 Å². The van der Waals surface area contributed by atoms with E-state index in [1.54, 1.807) is 0 Å². The molecule has 0 unspecified atom stereocenters. The smallest absolute Gasteiger partial charge is 0.0675 e. The highest BCUT2D eigenvalue weighted by Crippen LogP contribution is 1.85. The van der Waals surface area contributed by atoms with Crippen molar-refractivity contribution in [3.8, 4) is 0 Å². The Balaban J connectivity index is 3.25. The molecule has 0 fully saturated rings. The minimum Gasteiger partial charge on any atom is -0.183 e. The maximum absolute atomic E-state index is 6.16. The molecule has 0 aromatic heterocycles. The van der Waals surface area contributed by atoms with Gasteiger partial charge < -0.3 is 0 Å². The van der Waals surface area contributed by atoms with Crippen LogP contribution >= 0.6 is 0 Å². The fourth-order valence-corrected chi connectivity index (χ4v) is 0.129. The predicted molar refractivity (Wildman–Crippen MR) is 25.1 cm³/mol. The number of rotatable bonds is 2. The van der Waals surface area contributed by atoms with Crippen molar-refractivity contribution in [3.05, 3.63) is 0 Å². The Labute approximate surface area is 42.1 Å². The molecule has 0 aliphatic rings. The second-order valence-electron chi connectivity index (χ2n) is 1.40. The van der Waals surface area contributed by atoms with Crippen LogP contribution in [0.3, 0.4) is 0 Å². The Bertz CT molecular complexity index is 75.0. The zero-order valence-electron chi connectivity index (χ0n) is 4.42. The van der Waals surface area contributed by atoms with Crippen molar-refractivity contribution in [1.82, 2.24) is 0 Å². The first kappa shape index (κ1) is 6.20. The Hall–Kier alpha value is -0.800. The van der Waals surface area contributed by atoms with Crippen LogP contribution < -0.4 is 0 Å². The van der Waals surface area contributed by atoms with Crippen molar-refractivity contribution in [1.29, 1.82) is 5.53 Å². The van der Waals surface area contributed by atoms with E-state index < -0.39 is 0 Å². The molecular formula is C3H8N4. The van der Waals surface area contributed by atoms with E-state index in [1.807, 2.05) is 13.8 Å². The molecule has 4 heteroatoms. The van der Waals surface area contributed by atoms with Gasteiger partial charge in [-0.1, -0.05) is 0 Å². The molecule has 0 radical (unpaired) electrons. The monoisotopic (exact) mass is 100 g/mol. The maximum Gasteiger partial charge on any atom is 0.0675 e. The number of hydrogen-bond donors (Lipinski definition) is 1. The normalized spacial score (nSPS) is 10.7. The summed E-state index contributed by atoms with van der Waals surface area (Å²) in [6.45, 7) is 3.74. The van der Waals surface area contributed by atoms with Crippen molar-refractivity contribution >= 4 is 0 Å². The summed E-state index contributed by atoms with van der Waals surface area (Å²) in [5.41, 5.74) is 6.16. The third kappa shape index (κ3) is 5.20. The maximum atomic E-state index is 6.16. The summed E-state index contributed by atoms with van der Waals surface area (Å²) in [5.74, 6) is 0. The van der Waals surface area contributed by atoms with Crippen molar-refractivity contribution in [2.75, 3.05) is 0 Å². The molecule has 0 aromatic rings. The van der Waals surface area contributed by atoms with E-state index in [1.165, 1.54) is 0 Å². The van der Waals surface area contributed by atoms with Gasteiger partial charge >= 0.3 is 0 Å². The zero-order valence-corrected chi connectivity index (χ0v) is 4.42. The van der Waals surface area contributed by atoms with Crippen LogP contribution in [0, 0.1) is 5.53 Å². The molecule has 0 spiro atoms. The first-order chi connectivity index (χ1) is 3.27. The van der Waals surface area contributed by atoms with Gasteiger partial charge in [0, 0.05) is 0 Å². The minimum absolute atomic E-state index is 0.147. The lowest BCUT2D eigenvalue weighted by atomic mass is 10.4. The summed E-state index contributed by atoms with van der Waals surface area (Å²) in [6.07, 6.45) is 0. The van der Waals surface area contributed by atoms with Crippen LogP contribution in [0.2, 0.25) is 0 Å². The lowest BCUT2D eigenvalue weighted by Gasteiger charge is -1.84. The van der Waals surface area contributed by atoms with Gasteiger partial charge in [0.15, 0.2) is 0 Å². The Kier molecular flexibility index (Phi) is 3.00. The topological polar surface area (TPSA) is 60.9 Å². The lowest BCUT2D eigenvalue weighted by molar-refractivity contribution is 0.726. The summed E-state index contributed by atoms with van der Waals surface area (Å²) in [5, 5.41) is 9.29. The SMILES string of the molecule is CC(C)N=NN=N. The van der Waals surface area contributed by atoms with Gasteiger partial charge in [-0.05, 0) is 24.3 Å². The average Bonchev–Trinajstić information content (AvgIpc) is 1.61. The fraction of sp³-hybridized carbons (Fsp3) is 1.00. The molecule has 40 valence electrons. The summed E-state index contributed by atoms with van der Waals surface area (Å²) in [4.78, 5) is 0. The van der Waals surface area contributed by atoms with Crippen LogP contribution in [0.1, 0.15) is 13.8 Å². The summed E-state index contributed by atoms with van der Waals surface area (Å²) in [7, 11) is 0. The molecule has 0 rings (SSSR count). The Morgan fingerprint density at radius 2 is 2.00 bits per heavy atom. The molecule has 0 saturated carbocycles. The predicted octanol–water partition coefficient (Wildman–Crippen LogP) is 1.79. The molecule has 0 aromatic carbocycles. The van der Waals surface area contributed by atoms with E-state index in [-0.39, 0.29) is 6.04 Å². The van der Waals surface area contributed by atoms with Crippen LogP contribution in [-0.4, -0.2) is 6.04 Å².